The van der Waals surface area contributed by atoms with Crippen LogP contribution in [0.25, 0.3) is 0 Å². The first-order chi connectivity index (χ1) is 14.7. The van der Waals surface area contributed by atoms with Crippen LogP contribution in [0.15, 0.2) is 53.4 Å². The Hall–Kier alpha value is -3.04. The van der Waals surface area contributed by atoms with Crippen molar-refractivity contribution in [3.8, 4) is 0 Å². The molecule has 1 saturated heterocycles. The second-order valence-corrected chi connectivity index (χ2v) is 9.47. The summed E-state index contributed by atoms with van der Waals surface area (Å²) in [5.41, 5.74) is 1.62. The predicted molar refractivity (Wildman–Crippen MR) is 117 cm³/mol. The van der Waals surface area contributed by atoms with Crippen LogP contribution in [0.5, 0.6) is 0 Å². The van der Waals surface area contributed by atoms with Crippen molar-refractivity contribution >= 4 is 39.0 Å². The fraction of sp³-hybridized carbons (Fsp3) is 0.318. The van der Waals surface area contributed by atoms with Crippen LogP contribution in [0.2, 0.25) is 0 Å². The highest BCUT2D eigenvalue weighted by molar-refractivity contribution is 7.89. The van der Waals surface area contributed by atoms with Crippen molar-refractivity contribution in [3.63, 3.8) is 0 Å². The number of piperidine rings is 1. The van der Waals surface area contributed by atoms with Crippen molar-refractivity contribution in [3.05, 3.63) is 54.1 Å². The van der Waals surface area contributed by atoms with Gasteiger partial charge in [0.05, 0.1) is 10.8 Å². The summed E-state index contributed by atoms with van der Waals surface area (Å²) < 4.78 is 27.4. The van der Waals surface area contributed by atoms with Crippen molar-refractivity contribution in [2.45, 2.75) is 31.6 Å². The van der Waals surface area contributed by atoms with Gasteiger partial charge in [-0.05, 0) is 68.3 Å². The number of nitrogens with zero attached hydrogens (tertiary/aromatic N) is 1. The lowest BCUT2D eigenvalue weighted by Gasteiger charge is -2.31. The summed E-state index contributed by atoms with van der Waals surface area (Å²) >= 11 is 0. The quantitative estimate of drug-likeness (QED) is 0.667. The van der Waals surface area contributed by atoms with E-state index in [0.29, 0.717) is 36.3 Å². The maximum Gasteiger partial charge on any atom is 0.243 e. The number of benzene rings is 2. The van der Waals surface area contributed by atoms with Crippen molar-refractivity contribution < 1.29 is 22.8 Å². The van der Waals surface area contributed by atoms with E-state index in [1.54, 1.807) is 24.3 Å². The Kier molecular flexibility index (Phi) is 6.87. The van der Waals surface area contributed by atoms with Crippen LogP contribution in [0, 0.1) is 5.92 Å². The molecular formula is C22H25N3O5S. The number of anilines is 2. The molecule has 0 spiro atoms. The monoisotopic (exact) mass is 443 g/mol. The van der Waals surface area contributed by atoms with Gasteiger partial charge in [-0.1, -0.05) is 0 Å². The van der Waals surface area contributed by atoms with Crippen molar-refractivity contribution in [1.29, 1.82) is 0 Å². The highest BCUT2D eigenvalue weighted by atomic mass is 32.2. The summed E-state index contributed by atoms with van der Waals surface area (Å²) in [4.78, 5) is 35.3. The molecule has 0 radical (unpaired) electrons. The molecule has 1 heterocycles. The number of hydrogen-bond donors (Lipinski definition) is 2. The molecule has 2 amide bonds. The van der Waals surface area contributed by atoms with Gasteiger partial charge < -0.3 is 10.6 Å². The van der Waals surface area contributed by atoms with E-state index in [4.69, 9.17) is 0 Å². The van der Waals surface area contributed by atoms with Crippen LogP contribution >= 0.6 is 0 Å². The lowest BCUT2D eigenvalue weighted by atomic mass is 9.98. The van der Waals surface area contributed by atoms with E-state index in [1.165, 1.54) is 42.4 Å². The van der Waals surface area contributed by atoms with E-state index in [1.807, 2.05) is 0 Å². The molecule has 0 aromatic heterocycles. The molecule has 1 aliphatic rings. The summed E-state index contributed by atoms with van der Waals surface area (Å²) in [6.07, 6.45) is 1.16. The van der Waals surface area contributed by atoms with E-state index in [2.05, 4.69) is 10.6 Å². The number of carbonyl (C=O) groups excluding carboxylic acids is 3. The van der Waals surface area contributed by atoms with Crippen molar-refractivity contribution in [1.82, 2.24) is 4.31 Å². The SMILES string of the molecule is CC(=O)Nc1ccc(S(=O)(=O)N2CCC[C@@H](C(=O)Nc3ccc(C(C)=O)cc3)C2)cc1. The molecule has 0 unspecified atom stereocenters. The summed E-state index contributed by atoms with van der Waals surface area (Å²) in [5.74, 6) is -1.03. The fourth-order valence-corrected chi connectivity index (χ4v) is 4.99. The van der Waals surface area contributed by atoms with Gasteiger partial charge in [0.15, 0.2) is 5.78 Å². The van der Waals surface area contributed by atoms with Crippen LogP contribution in [-0.4, -0.2) is 43.4 Å². The second-order valence-electron chi connectivity index (χ2n) is 7.53. The molecule has 2 aromatic rings. The van der Waals surface area contributed by atoms with E-state index in [9.17, 15) is 22.8 Å². The summed E-state index contributed by atoms with van der Waals surface area (Å²) in [6.45, 7) is 3.28. The van der Waals surface area contributed by atoms with Gasteiger partial charge in [-0.3, -0.25) is 14.4 Å². The van der Waals surface area contributed by atoms with Crippen LogP contribution in [0.3, 0.4) is 0 Å². The molecule has 0 saturated carbocycles. The number of sulfonamides is 1. The third kappa shape index (κ3) is 5.56. The Labute approximate surface area is 181 Å². The van der Waals surface area contributed by atoms with E-state index >= 15 is 0 Å². The highest BCUT2D eigenvalue weighted by Crippen LogP contribution is 2.25. The number of hydrogen-bond acceptors (Lipinski definition) is 5. The van der Waals surface area contributed by atoms with Gasteiger partial charge in [0.1, 0.15) is 0 Å². The molecule has 9 heteroatoms. The molecule has 164 valence electrons. The largest absolute Gasteiger partial charge is 0.326 e. The van der Waals surface area contributed by atoms with Crippen LogP contribution in [0.1, 0.15) is 37.0 Å². The minimum atomic E-state index is -3.76. The smallest absolute Gasteiger partial charge is 0.243 e. The molecule has 0 bridgehead atoms. The summed E-state index contributed by atoms with van der Waals surface area (Å²) in [6, 6.07) is 12.5. The Balaban J connectivity index is 1.67. The zero-order valence-electron chi connectivity index (χ0n) is 17.4. The lowest BCUT2D eigenvalue weighted by Crippen LogP contribution is -2.43. The van der Waals surface area contributed by atoms with Gasteiger partial charge in [-0.25, -0.2) is 8.42 Å². The number of rotatable bonds is 6. The zero-order valence-corrected chi connectivity index (χ0v) is 18.2. The minimum absolute atomic E-state index is 0.0592. The third-order valence-corrected chi connectivity index (χ3v) is 7.01. The van der Waals surface area contributed by atoms with Crippen LogP contribution in [0.4, 0.5) is 11.4 Å². The minimum Gasteiger partial charge on any atom is -0.326 e. The average molecular weight is 444 g/mol. The first kappa shape index (κ1) is 22.6. The van der Waals surface area contributed by atoms with Crippen LogP contribution < -0.4 is 10.6 Å². The number of amides is 2. The van der Waals surface area contributed by atoms with Crippen molar-refractivity contribution in [2.24, 2.45) is 5.92 Å². The maximum absolute atomic E-state index is 13.0. The molecule has 3 rings (SSSR count). The maximum atomic E-state index is 13.0. The normalized spacial score (nSPS) is 17.0. The highest BCUT2D eigenvalue weighted by Gasteiger charge is 2.33. The number of ketones is 1. The Morgan fingerprint density at radius 2 is 1.48 bits per heavy atom. The van der Waals surface area contributed by atoms with Gasteiger partial charge in [0.2, 0.25) is 21.8 Å². The van der Waals surface area contributed by atoms with E-state index in [-0.39, 0.29) is 29.0 Å². The van der Waals surface area contributed by atoms with Crippen molar-refractivity contribution in [2.75, 3.05) is 23.7 Å². The number of Topliss-reactive ketones (excluding diaryl/α,β-unsaturated/α-hetero) is 1. The Morgan fingerprint density at radius 3 is 2.06 bits per heavy atom. The molecule has 2 N–H and O–H groups in total. The van der Waals surface area contributed by atoms with Gasteiger partial charge >= 0.3 is 0 Å². The van der Waals surface area contributed by atoms with Gasteiger partial charge in [-0.15, -0.1) is 0 Å². The van der Waals surface area contributed by atoms with E-state index < -0.39 is 15.9 Å². The topological polar surface area (TPSA) is 113 Å². The van der Waals surface area contributed by atoms with E-state index in [0.717, 1.165) is 0 Å². The standard InChI is InChI=1S/C22H25N3O5S/c1-15(26)17-5-7-20(8-6-17)24-22(28)18-4-3-13-25(14-18)31(29,30)21-11-9-19(10-12-21)23-16(2)27/h5-12,18H,3-4,13-14H2,1-2H3,(H,23,27)(H,24,28)/t18-/m1/s1. The number of carbonyl (C=O) groups is 3. The predicted octanol–water partition coefficient (Wildman–Crippen LogP) is 2.89. The van der Waals surface area contributed by atoms with Gasteiger partial charge in [0, 0.05) is 37.0 Å². The van der Waals surface area contributed by atoms with Gasteiger partial charge in [-0.2, -0.15) is 4.31 Å². The Morgan fingerprint density at radius 1 is 0.903 bits per heavy atom. The lowest BCUT2D eigenvalue weighted by molar-refractivity contribution is -0.121. The summed E-state index contributed by atoms with van der Waals surface area (Å²) in [5, 5.41) is 5.40. The molecular weight excluding hydrogens is 418 g/mol. The molecule has 1 atom stereocenters. The van der Waals surface area contributed by atoms with Crippen LogP contribution in [-0.2, 0) is 19.6 Å². The molecule has 1 aliphatic heterocycles. The van der Waals surface area contributed by atoms with Gasteiger partial charge in [0.25, 0.3) is 0 Å². The zero-order chi connectivity index (χ0) is 22.6. The molecule has 0 aliphatic carbocycles. The average Bonchev–Trinajstić information content (AvgIpc) is 2.74. The summed E-state index contributed by atoms with van der Waals surface area (Å²) in [7, 11) is -3.76. The molecule has 2 aromatic carbocycles. The fourth-order valence-electron chi connectivity index (χ4n) is 3.47. The molecule has 8 nitrogen and oxygen atoms in total. The Bertz CT molecular complexity index is 1080. The first-order valence-electron chi connectivity index (χ1n) is 9.96. The first-order valence-corrected chi connectivity index (χ1v) is 11.4. The second kappa shape index (κ2) is 9.40. The number of nitrogens with one attached hydrogen (secondary N) is 2. The third-order valence-electron chi connectivity index (χ3n) is 5.13. The molecule has 31 heavy (non-hydrogen) atoms. The molecule has 1 fully saturated rings.